The second-order valence-electron chi connectivity index (χ2n) is 7.54. The van der Waals surface area contributed by atoms with Crippen molar-refractivity contribution in [3.8, 4) is 0 Å². The quantitative estimate of drug-likeness (QED) is 0.473. The summed E-state index contributed by atoms with van der Waals surface area (Å²) in [6, 6.07) is 5.11. The van der Waals surface area contributed by atoms with Crippen LogP contribution in [0, 0.1) is 6.92 Å². The number of hydrogen-bond donors (Lipinski definition) is 2. The molecule has 0 bridgehead atoms. The minimum absolute atomic E-state index is 0.233. The second-order valence-corrected chi connectivity index (χ2v) is 7.54. The van der Waals surface area contributed by atoms with E-state index in [2.05, 4.69) is 10.6 Å². The molecule has 1 aromatic rings. The molecule has 2 rings (SSSR count). The van der Waals surface area contributed by atoms with E-state index in [9.17, 15) is 14.4 Å². The molecule has 1 amide bonds. The molecule has 1 fully saturated rings. The molecule has 27 heavy (non-hydrogen) atoms. The van der Waals surface area contributed by atoms with E-state index < -0.39 is 29.4 Å². The molecule has 0 atom stereocenters. The van der Waals surface area contributed by atoms with Crippen molar-refractivity contribution in [2.45, 2.75) is 52.9 Å². The fraction of sp³-hybridized carbons (Fsp3) is 0.421. The Hall–Kier alpha value is -3.03. The first kappa shape index (κ1) is 20.3. The molecule has 0 aromatic heterocycles. The Bertz CT molecular complexity index is 783. The average Bonchev–Trinajstić information content (AvgIpc) is 2.46. The molecule has 1 saturated heterocycles. The topological polar surface area (TPSA) is 103 Å². The Kier molecular flexibility index (Phi) is 5.48. The predicted molar refractivity (Wildman–Crippen MR) is 99.0 cm³/mol. The largest absolute Gasteiger partial charge is 0.444 e. The van der Waals surface area contributed by atoms with E-state index in [0.29, 0.717) is 11.4 Å². The van der Waals surface area contributed by atoms with Crippen LogP contribution in [0.1, 0.15) is 40.2 Å². The van der Waals surface area contributed by atoms with Crippen molar-refractivity contribution in [1.82, 2.24) is 0 Å². The fourth-order valence-corrected chi connectivity index (χ4v) is 2.24. The lowest BCUT2D eigenvalue weighted by atomic mass is 10.1. The van der Waals surface area contributed by atoms with Crippen LogP contribution in [0.3, 0.4) is 0 Å². The molecular formula is C19H24N2O6. The van der Waals surface area contributed by atoms with E-state index in [1.165, 1.54) is 20.0 Å². The van der Waals surface area contributed by atoms with Crippen LogP contribution < -0.4 is 10.6 Å². The standard InChI is InChI=1S/C19H24N2O6/c1-11-9-12(7-8-14(11)21-17(24)27-18(2,3)4)20-10-13-15(22)25-19(5,6)26-16(13)23/h7-10,20H,1-6H3,(H,21,24). The summed E-state index contributed by atoms with van der Waals surface area (Å²) in [6.45, 7) is 10.1. The van der Waals surface area contributed by atoms with Crippen LogP contribution in [0.5, 0.6) is 0 Å². The van der Waals surface area contributed by atoms with Gasteiger partial charge in [0.25, 0.3) is 5.79 Å². The van der Waals surface area contributed by atoms with Crippen molar-refractivity contribution in [2.24, 2.45) is 0 Å². The van der Waals surface area contributed by atoms with Crippen LogP contribution in [0.25, 0.3) is 0 Å². The number of carbonyl (C=O) groups excluding carboxylic acids is 3. The Morgan fingerprint density at radius 1 is 1.15 bits per heavy atom. The Labute approximate surface area is 157 Å². The third-order valence-electron chi connectivity index (χ3n) is 3.36. The van der Waals surface area contributed by atoms with Gasteiger partial charge in [-0.15, -0.1) is 0 Å². The van der Waals surface area contributed by atoms with E-state index in [4.69, 9.17) is 14.2 Å². The summed E-state index contributed by atoms with van der Waals surface area (Å²) in [7, 11) is 0. The van der Waals surface area contributed by atoms with Crippen LogP contribution in [0.15, 0.2) is 30.0 Å². The van der Waals surface area contributed by atoms with E-state index in [1.807, 2.05) is 0 Å². The molecule has 0 saturated carbocycles. The van der Waals surface area contributed by atoms with Crippen molar-refractivity contribution in [2.75, 3.05) is 10.6 Å². The Morgan fingerprint density at radius 3 is 2.26 bits per heavy atom. The van der Waals surface area contributed by atoms with Crippen LogP contribution in [-0.2, 0) is 23.8 Å². The highest BCUT2D eigenvalue weighted by Crippen LogP contribution is 2.24. The molecule has 8 nitrogen and oxygen atoms in total. The SMILES string of the molecule is Cc1cc(NC=C2C(=O)OC(C)(C)OC2=O)ccc1NC(=O)OC(C)(C)C. The molecule has 0 aliphatic carbocycles. The molecule has 0 radical (unpaired) electrons. The van der Waals surface area contributed by atoms with E-state index in [0.717, 1.165) is 5.56 Å². The van der Waals surface area contributed by atoms with Crippen LogP contribution in [0.2, 0.25) is 0 Å². The minimum atomic E-state index is -1.28. The van der Waals surface area contributed by atoms with Crippen molar-refractivity contribution in [1.29, 1.82) is 0 Å². The number of amides is 1. The van der Waals surface area contributed by atoms with Crippen molar-refractivity contribution >= 4 is 29.4 Å². The van der Waals surface area contributed by atoms with Crippen molar-refractivity contribution < 1.29 is 28.6 Å². The number of rotatable bonds is 3. The number of hydrogen-bond acceptors (Lipinski definition) is 7. The highest BCUT2D eigenvalue weighted by Gasteiger charge is 2.38. The van der Waals surface area contributed by atoms with Crippen LogP contribution in [-0.4, -0.2) is 29.4 Å². The molecule has 146 valence electrons. The van der Waals surface area contributed by atoms with Crippen molar-refractivity contribution in [3.63, 3.8) is 0 Å². The third-order valence-corrected chi connectivity index (χ3v) is 3.36. The lowest BCUT2D eigenvalue weighted by molar-refractivity contribution is -0.222. The van der Waals surface area contributed by atoms with Gasteiger partial charge in [-0.1, -0.05) is 0 Å². The average molecular weight is 376 g/mol. The number of nitrogens with one attached hydrogen (secondary N) is 2. The summed E-state index contributed by atoms with van der Waals surface area (Å²) < 4.78 is 15.3. The van der Waals surface area contributed by atoms with Gasteiger partial charge in [0.2, 0.25) is 0 Å². The predicted octanol–water partition coefficient (Wildman–Crippen LogP) is 3.47. The zero-order valence-electron chi connectivity index (χ0n) is 16.3. The number of cyclic esters (lactones) is 2. The van der Waals surface area contributed by atoms with Gasteiger partial charge in [0.05, 0.1) is 0 Å². The molecule has 1 aliphatic rings. The van der Waals surface area contributed by atoms with Gasteiger partial charge in [-0.25, -0.2) is 14.4 Å². The summed E-state index contributed by atoms with van der Waals surface area (Å²) in [4.78, 5) is 35.7. The number of anilines is 2. The van der Waals surface area contributed by atoms with Gasteiger partial charge in [0.1, 0.15) is 5.60 Å². The van der Waals surface area contributed by atoms with Crippen LogP contribution >= 0.6 is 0 Å². The maximum absolute atomic E-state index is 11.9. The number of aryl methyl sites for hydroxylation is 1. The lowest BCUT2D eigenvalue weighted by Crippen LogP contribution is -2.42. The lowest BCUT2D eigenvalue weighted by Gasteiger charge is -2.29. The van der Waals surface area contributed by atoms with Gasteiger partial charge in [0, 0.05) is 31.4 Å². The summed E-state index contributed by atoms with van der Waals surface area (Å²) in [6.07, 6.45) is 0.680. The van der Waals surface area contributed by atoms with E-state index >= 15 is 0 Å². The first-order chi connectivity index (χ1) is 12.4. The van der Waals surface area contributed by atoms with Crippen LogP contribution in [0.4, 0.5) is 16.2 Å². The Morgan fingerprint density at radius 2 is 1.74 bits per heavy atom. The molecule has 0 unspecified atom stereocenters. The van der Waals surface area contributed by atoms with Gasteiger partial charge in [-0.05, 0) is 51.5 Å². The molecule has 0 spiro atoms. The third kappa shape index (κ3) is 5.73. The van der Waals surface area contributed by atoms with Gasteiger partial charge in [-0.2, -0.15) is 0 Å². The van der Waals surface area contributed by atoms with Gasteiger partial charge in [-0.3, -0.25) is 5.32 Å². The zero-order valence-corrected chi connectivity index (χ0v) is 16.3. The van der Waals surface area contributed by atoms with Crippen molar-refractivity contribution in [3.05, 3.63) is 35.5 Å². The maximum Gasteiger partial charge on any atom is 0.412 e. The molecule has 2 N–H and O–H groups in total. The normalized spacial score (nSPS) is 16.1. The number of esters is 2. The maximum atomic E-state index is 11.9. The number of benzene rings is 1. The second kappa shape index (κ2) is 7.30. The monoisotopic (exact) mass is 376 g/mol. The van der Waals surface area contributed by atoms with E-state index in [-0.39, 0.29) is 5.57 Å². The Balaban J connectivity index is 2.07. The first-order valence-corrected chi connectivity index (χ1v) is 8.40. The van der Waals surface area contributed by atoms with Gasteiger partial charge >= 0.3 is 18.0 Å². The molecule has 1 heterocycles. The summed E-state index contributed by atoms with van der Waals surface area (Å²) in [5, 5.41) is 5.52. The summed E-state index contributed by atoms with van der Waals surface area (Å²) >= 11 is 0. The van der Waals surface area contributed by atoms with Gasteiger partial charge < -0.3 is 19.5 Å². The van der Waals surface area contributed by atoms with Gasteiger partial charge in [0.15, 0.2) is 5.57 Å². The molecule has 1 aromatic carbocycles. The number of carbonyl (C=O) groups is 3. The summed E-state index contributed by atoms with van der Waals surface area (Å²) in [5.41, 5.74) is 1.13. The molecular weight excluding hydrogens is 352 g/mol. The smallest absolute Gasteiger partial charge is 0.412 e. The molecule has 8 heteroatoms. The van der Waals surface area contributed by atoms with E-state index in [1.54, 1.807) is 45.9 Å². The minimum Gasteiger partial charge on any atom is -0.444 e. The zero-order chi connectivity index (χ0) is 20.4. The highest BCUT2D eigenvalue weighted by atomic mass is 16.7. The molecule has 1 aliphatic heterocycles. The highest BCUT2D eigenvalue weighted by molar-refractivity contribution is 6.15. The first-order valence-electron chi connectivity index (χ1n) is 8.40. The summed E-state index contributed by atoms with van der Waals surface area (Å²) in [5.74, 6) is -2.80. The number of ether oxygens (including phenoxy) is 3. The fourth-order valence-electron chi connectivity index (χ4n) is 2.24.